The number of benzene rings is 1. The highest BCUT2D eigenvalue weighted by molar-refractivity contribution is 5.34. The first-order valence-corrected chi connectivity index (χ1v) is 6.44. The number of aliphatic hydroxyl groups excluding tert-OH is 2. The number of nitrogens with one attached hydrogen (secondary N) is 1. The second-order valence-corrected chi connectivity index (χ2v) is 5.65. The van der Waals surface area contributed by atoms with Gasteiger partial charge < -0.3 is 15.5 Å². The maximum absolute atomic E-state index is 9.29. The zero-order valence-corrected chi connectivity index (χ0v) is 11.8. The molecule has 0 fully saturated rings. The van der Waals surface area contributed by atoms with Crippen LogP contribution in [0.2, 0.25) is 0 Å². The van der Waals surface area contributed by atoms with E-state index in [1.807, 2.05) is 0 Å². The minimum Gasteiger partial charge on any atom is -0.394 e. The smallest absolute Gasteiger partial charge is 0.0894 e. The zero-order chi connectivity index (χ0) is 13.8. The summed E-state index contributed by atoms with van der Waals surface area (Å²) in [5.74, 6) is 0. The van der Waals surface area contributed by atoms with E-state index in [2.05, 4.69) is 51.2 Å². The average molecular weight is 251 g/mol. The van der Waals surface area contributed by atoms with E-state index in [4.69, 9.17) is 5.11 Å². The van der Waals surface area contributed by atoms with Crippen LogP contribution < -0.4 is 5.32 Å². The first-order valence-electron chi connectivity index (χ1n) is 6.44. The Morgan fingerprint density at radius 1 is 1.22 bits per heavy atom. The lowest BCUT2D eigenvalue weighted by atomic mass is 9.83. The molecule has 1 aromatic carbocycles. The Morgan fingerprint density at radius 2 is 1.89 bits per heavy atom. The minimum atomic E-state index is -0.680. The number of hydrogen-bond donors (Lipinski definition) is 3. The van der Waals surface area contributed by atoms with Crippen molar-refractivity contribution in [2.45, 2.75) is 39.2 Å². The quantitative estimate of drug-likeness (QED) is 0.718. The van der Waals surface area contributed by atoms with Gasteiger partial charge in [-0.05, 0) is 30.5 Å². The second-order valence-electron chi connectivity index (χ2n) is 5.65. The van der Waals surface area contributed by atoms with Crippen LogP contribution in [0.25, 0.3) is 0 Å². The molecule has 0 saturated carbocycles. The van der Waals surface area contributed by atoms with Gasteiger partial charge in [-0.15, -0.1) is 0 Å². The molecule has 1 aromatic rings. The van der Waals surface area contributed by atoms with Crippen molar-refractivity contribution in [2.24, 2.45) is 0 Å². The third kappa shape index (κ3) is 4.09. The summed E-state index contributed by atoms with van der Waals surface area (Å²) in [6.07, 6.45) is -0.680. The van der Waals surface area contributed by atoms with Crippen molar-refractivity contribution in [3.05, 3.63) is 34.9 Å². The maximum atomic E-state index is 9.29. The standard InChI is InChI=1S/C15H25NO2/c1-11-5-6-13(7-12(11)2)15(3,4)10-16-8-14(18)9-17/h5-7,14,16-18H,8-10H2,1-4H3. The van der Waals surface area contributed by atoms with Gasteiger partial charge in [-0.2, -0.15) is 0 Å². The van der Waals surface area contributed by atoms with Crippen molar-refractivity contribution in [3.63, 3.8) is 0 Å². The highest BCUT2D eigenvalue weighted by Gasteiger charge is 2.20. The molecule has 0 bridgehead atoms. The summed E-state index contributed by atoms with van der Waals surface area (Å²) < 4.78 is 0. The molecule has 18 heavy (non-hydrogen) atoms. The molecule has 102 valence electrons. The van der Waals surface area contributed by atoms with E-state index in [0.29, 0.717) is 6.54 Å². The number of rotatable bonds is 6. The fourth-order valence-corrected chi connectivity index (χ4v) is 1.88. The van der Waals surface area contributed by atoms with Crippen LogP contribution in [0.1, 0.15) is 30.5 Å². The van der Waals surface area contributed by atoms with E-state index in [0.717, 1.165) is 6.54 Å². The summed E-state index contributed by atoms with van der Waals surface area (Å²) >= 11 is 0. The van der Waals surface area contributed by atoms with Gasteiger partial charge in [0.1, 0.15) is 0 Å². The molecule has 3 N–H and O–H groups in total. The van der Waals surface area contributed by atoms with E-state index < -0.39 is 6.10 Å². The molecule has 1 atom stereocenters. The van der Waals surface area contributed by atoms with Gasteiger partial charge >= 0.3 is 0 Å². The van der Waals surface area contributed by atoms with Crippen molar-refractivity contribution in [3.8, 4) is 0 Å². The summed E-state index contributed by atoms with van der Waals surface area (Å²) in [5.41, 5.74) is 3.90. The van der Waals surface area contributed by atoms with Crippen LogP contribution in [0.3, 0.4) is 0 Å². The molecule has 0 spiro atoms. The minimum absolute atomic E-state index is 0.00758. The number of aliphatic hydroxyl groups is 2. The molecule has 0 aromatic heterocycles. The molecule has 0 aliphatic rings. The fraction of sp³-hybridized carbons (Fsp3) is 0.600. The third-order valence-corrected chi connectivity index (χ3v) is 3.45. The number of hydrogen-bond acceptors (Lipinski definition) is 3. The van der Waals surface area contributed by atoms with Crippen LogP contribution in [0.5, 0.6) is 0 Å². The molecule has 1 unspecified atom stereocenters. The summed E-state index contributed by atoms with van der Waals surface area (Å²) in [6.45, 7) is 9.58. The predicted octanol–water partition coefficient (Wildman–Crippen LogP) is 1.52. The fourth-order valence-electron chi connectivity index (χ4n) is 1.88. The van der Waals surface area contributed by atoms with Crippen molar-refractivity contribution >= 4 is 0 Å². The Balaban J connectivity index is 2.64. The molecule has 0 heterocycles. The first-order chi connectivity index (χ1) is 8.36. The summed E-state index contributed by atoms with van der Waals surface area (Å²) in [7, 11) is 0. The summed E-state index contributed by atoms with van der Waals surface area (Å²) in [5, 5.41) is 21.3. The van der Waals surface area contributed by atoms with E-state index in [-0.39, 0.29) is 12.0 Å². The Hall–Kier alpha value is -0.900. The van der Waals surface area contributed by atoms with Gasteiger partial charge in [0.15, 0.2) is 0 Å². The van der Waals surface area contributed by atoms with Crippen molar-refractivity contribution in [1.29, 1.82) is 0 Å². The van der Waals surface area contributed by atoms with E-state index in [1.165, 1.54) is 16.7 Å². The van der Waals surface area contributed by atoms with Crippen molar-refractivity contribution in [1.82, 2.24) is 5.32 Å². The van der Waals surface area contributed by atoms with Crippen molar-refractivity contribution in [2.75, 3.05) is 19.7 Å². The molecule has 0 saturated heterocycles. The zero-order valence-electron chi connectivity index (χ0n) is 11.8. The van der Waals surface area contributed by atoms with E-state index in [1.54, 1.807) is 0 Å². The summed E-state index contributed by atoms with van der Waals surface area (Å²) in [4.78, 5) is 0. The van der Waals surface area contributed by atoms with Crippen LogP contribution >= 0.6 is 0 Å². The Labute approximate surface area is 110 Å². The molecule has 0 aliphatic heterocycles. The van der Waals surface area contributed by atoms with Crippen LogP contribution in [-0.2, 0) is 5.41 Å². The lowest BCUT2D eigenvalue weighted by Gasteiger charge is -2.27. The highest BCUT2D eigenvalue weighted by Crippen LogP contribution is 2.24. The van der Waals surface area contributed by atoms with Gasteiger partial charge in [0.25, 0.3) is 0 Å². The lowest BCUT2D eigenvalue weighted by Crippen LogP contribution is -2.38. The monoisotopic (exact) mass is 251 g/mol. The van der Waals surface area contributed by atoms with Gasteiger partial charge in [0, 0.05) is 18.5 Å². The lowest BCUT2D eigenvalue weighted by molar-refractivity contribution is 0.0934. The maximum Gasteiger partial charge on any atom is 0.0894 e. The van der Waals surface area contributed by atoms with Gasteiger partial charge in [-0.1, -0.05) is 32.0 Å². The van der Waals surface area contributed by atoms with Crippen LogP contribution in [0.15, 0.2) is 18.2 Å². The summed E-state index contributed by atoms with van der Waals surface area (Å²) in [6, 6.07) is 6.53. The SMILES string of the molecule is Cc1ccc(C(C)(C)CNCC(O)CO)cc1C. The van der Waals surface area contributed by atoms with Gasteiger partial charge in [-0.25, -0.2) is 0 Å². The Bertz CT molecular complexity index is 388. The molecular formula is C15H25NO2. The molecular weight excluding hydrogens is 226 g/mol. The normalized spacial score (nSPS) is 13.7. The third-order valence-electron chi connectivity index (χ3n) is 3.45. The second kappa shape index (κ2) is 6.32. The predicted molar refractivity (Wildman–Crippen MR) is 74.9 cm³/mol. The highest BCUT2D eigenvalue weighted by atomic mass is 16.3. The van der Waals surface area contributed by atoms with E-state index >= 15 is 0 Å². The van der Waals surface area contributed by atoms with Crippen LogP contribution in [0.4, 0.5) is 0 Å². The Kier molecular flexibility index (Phi) is 5.32. The van der Waals surface area contributed by atoms with Crippen molar-refractivity contribution < 1.29 is 10.2 Å². The topological polar surface area (TPSA) is 52.5 Å². The largest absolute Gasteiger partial charge is 0.394 e. The van der Waals surface area contributed by atoms with E-state index in [9.17, 15) is 5.11 Å². The van der Waals surface area contributed by atoms with Gasteiger partial charge in [0.2, 0.25) is 0 Å². The molecule has 3 heteroatoms. The number of aryl methyl sites for hydroxylation is 2. The van der Waals surface area contributed by atoms with Gasteiger partial charge in [-0.3, -0.25) is 0 Å². The van der Waals surface area contributed by atoms with Gasteiger partial charge in [0.05, 0.1) is 12.7 Å². The van der Waals surface area contributed by atoms with Crippen LogP contribution in [-0.4, -0.2) is 36.0 Å². The molecule has 1 rings (SSSR count). The molecule has 0 radical (unpaired) electrons. The Morgan fingerprint density at radius 3 is 2.44 bits per heavy atom. The molecule has 3 nitrogen and oxygen atoms in total. The molecule has 0 amide bonds. The first kappa shape index (κ1) is 15.2. The van der Waals surface area contributed by atoms with Crippen LogP contribution in [0, 0.1) is 13.8 Å². The average Bonchev–Trinajstić information content (AvgIpc) is 2.32. The molecule has 0 aliphatic carbocycles.